The molecule has 0 bridgehead atoms. The average Bonchev–Trinajstić information content (AvgIpc) is 1.25. The first-order valence-corrected chi connectivity index (χ1v) is 43.3. The predicted octanol–water partition coefficient (Wildman–Crippen LogP) is 23.1. The Morgan fingerprint density at radius 3 is 0.837 bits per heavy atom. The fraction of sp³-hybridized carbons (Fsp3) is 0.899. The molecular formula is C79H150O17P2. The van der Waals surface area contributed by atoms with Gasteiger partial charge >= 0.3 is 39.5 Å². The van der Waals surface area contributed by atoms with E-state index in [0.29, 0.717) is 25.7 Å². The maximum absolute atomic E-state index is 13.1. The molecular weight excluding hydrogens is 1280 g/mol. The molecule has 0 rings (SSSR count). The van der Waals surface area contributed by atoms with Gasteiger partial charge in [0.15, 0.2) is 12.2 Å². The lowest BCUT2D eigenvalue weighted by Crippen LogP contribution is -2.30. The second-order valence-corrected chi connectivity index (χ2v) is 31.6. The van der Waals surface area contributed by atoms with Crippen LogP contribution in [-0.4, -0.2) is 96.7 Å². The Hall–Kier alpha value is -2.46. The topological polar surface area (TPSA) is 237 Å². The second-order valence-electron chi connectivity index (χ2n) is 28.7. The van der Waals surface area contributed by atoms with Crippen LogP contribution in [0.1, 0.15) is 388 Å². The number of phosphoric ester groups is 2. The highest BCUT2D eigenvalue weighted by atomic mass is 31.2. The Bertz CT molecular complexity index is 1980. The molecule has 3 N–H and O–H groups in total. The second kappa shape index (κ2) is 70.2. The quantitative estimate of drug-likeness (QED) is 0.0169. The standard InChI is InChI=1S/C79H150O17P2/c1-7-9-11-13-15-17-19-21-23-25-28-32-36-43-49-55-61-76(81)89-67-74(95-79(84)64-58-52-46-38-34-30-26-27-31-35-41-47-53-59-71(3)4)69-93-97(85,86)91-65-73(80)66-92-98(87,88)94-70-75(68-90-77(82)62-56-50-44-40-39-42-48-54-60-72(5)6)96-78(83)63-57-51-45-37-33-29-24-22-20-18-16-14-12-10-8-2/h18,20,22,24,71-75,80H,7-17,19,21,23,25-70H2,1-6H3,(H,85,86)(H,87,88)/b20-18-,24-22-/t73-,74-,75-/m1/s1. The normalized spacial score (nSPS) is 14.1. The number of unbranched alkanes of at least 4 members (excludes halogenated alkanes) is 43. The molecule has 578 valence electrons. The molecule has 0 aliphatic carbocycles. The number of phosphoric acid groups is 2. The number of ether oxygens (including phenoxy) is 4. The monoisotopic (exact) mass is 1430 g/mol. The Morgan fingerprint density at radius 2 is 0.551 bits per heavy atom. The summed E-state index contributed by atoms with van der Waals surface area (Å²) in [5.41, 5.74) is 0. The lowest BCUT2D eigenvalue weighted by atomic mass is 10.0. The largest absolute Gasteiger partial charge is 0.472 e. The predicted molar refractivity (Wildman–Crippen MR) is 400 cm³/mol. The molecule has 0 amide bonds. The van der Waals surface area contributed by atoms with Gasteiger partial charge in [-0.2, -0.15) is 0 Å². The molecule has 0 aromatic carbocycles. The molecule has 0 heterocycles. The van der Waals surface area contributed by atoms with Crippen molar-refractivity contribution in [2.75, 3.05) is 39.6 Å². The molecule has 0 saturated carbocycles. The molecule has 0 fully saturated rings. The van der Waals surface area contributed by atoms with Gasteiger partial charge in [0.1, 0.15) is 19.3 Å². The number of allylic oxidation sites excluding steroid dienone is 4. The fourth-order valence-electron chi connectivity index (χ4n) is 11.6. The van der Waals surface area contributed by atoms with Crippen molar-refractivity contribution in [1.82, 2.24) is 0 Å². The summed E-state index contributed by atoms with van der Waals surface area (Å²) in [4.78, 5) is 72.9. The highest BCUT2D eigenvalue weighted by Crippen LogP contribution is 2.45. The van der Waals surface area contributed by atoms with Gasteiger partial charge in [-0.15, -0.1) is 0 Å². The minimum absolute atomic E-state index is 0.0846. The van der Waals surface area contributed by atoms with Crippen molar-refractivity contribution < 1.29 is 80.2 Å². The van der Waals surface area contributed by atoms with Gasteiger partial charge in [-0.25, -0.2) is 9.13 Å². The van der Waals surface area contributed by atoms with Crippen molar-refractivity contribution in [3.63, 3.8) is 0 Å². The molecule has 0 saturated heterocycles. The van der Waals surface area contributed by atoms with Crippen molar-refractivity contribution in [2.24, 2.45) is 11.8 Å². The van der Waals surface area contributed by atoms with Crippen LogP contribution in [0.15, 0.2) is 24.3 Å². The van der Waals surface area contributed by atoms with E-state index >= 15 is 0 Å². The number of rotatable bonds is 76. The number of aliphatic hydroxyl groups is 1. The van der Waals surface area contributed by atoms with Crippen molar-refractivity contribution in [2.45, 2.75) is 407 Å². The number of hydrogen-bond acceptors (Lipinski definition) is 15. The molecule has 0 aromatic heterocycles. The zero-order valence-electron chi connectivity index (χ0n) is 63.6. The number of esters is 4. The van der Waals surface area contributed by atoms with Gasteiger partial charge < -0.3 is 33.8 Å². The van der Waals surface area contributed by atoms with Crippen molar-refractivity contribution in [3.8, 4) is 0 Å². The molecule has 17 nitrogen and oxygen atoms in total. The van der Waals surface area contributed by atoms with E-state index in [-0.39, 0.29) is 25.7 Å². The first-order valence-electron chi connectivity index (χ1n) is 40.3. The van der Waals surface area contributed by atoms with E-state index < -0.39 is 97.5 Å². The Morgan fingerprint density at radius 1 is 0.316 bits per heavy atom. The molecule has 5 atom stereocenters. The lowest BCUT2D eigenvalue weighted by Gasteiger charge is -2.21. The van der Waals surface area contributed by atoms with Crippen LogP contribution in [0, 0.1) is 11.8 Å². The van der Waals surface area contributed by atoms with Crippen LogP contribution in [0.25, 0.3) is 0 Å². The van der Waals surface area contributed by atoms with E-state index in [1.54, 1.807) is 0 Å². The van der Waals surface area contributed by atoms with Crippen molar-refractivity contribution in [3.05, 3.63) is 24.3 Å². The zero-order chi connectivity index (χ0) is 72.1. The van der Waals surface area contributed by atoms with Crippen molar-refractivity contribution >= 4 is 39.5 Å². The van der Waals surface area contributed by atoms with Gasteiger partial charge in [-0.1, -0.05) is 336 Å². The molecule has 0 radical (unpaired) electrons. The number of carbonyl (C=O) groups excluding carboxylic acids is 4. The molecule has 0 aliphatic rings. The molecule has 19 heteroatoms. The molecule has 98 heavy (non-hydrogen) atoms. The maximum atomic E-state index is 13.1. The van der Waals surface area contributed by atoms with Crippen LogP contribution >= 0.6 is 15.6 Å². The lowest BCUT2D eigenvalue weighted by molar-refractivity contribution is -0.161. The van der Waals surface area contributed by atoms with Gasteiger partial charge in [-0.3, -0.25) is 37.3 Å². The van der Waals surface area contributed by atoms with Crippen LogP contribution in [0.5, 0.6) is 0 Å². The summed E-state index contributed by atoms with van der Waals surface area (Å²) in [6.07, 6.45) is 61.8. The summed E-state index contributed by atoms with van der Waals surface area (Å²) < 4.78 is 68.6. The Balaban J connectivity index is 5.29. The van der Waals surface area contributed by atoms with Crippen LogP contribution < -0.4 is 0 Å². The van der Waals surface area contributed by atoms with Gasteiger partial charge in [-0.05, 0) is 63.2 Å². The van der Waals surface area contributed by atoms with Crippen LogP contribution in [-0.2, 0) is 65.4 Å². The van der Waals surface area contributed by atoms with Crippen LogP contribution in [0.4, 0.5) is 0 Å². The molecule has 0 aromatic rings. The summed E-state index contributed by atoms with van der Waals surface area (Å²) in [6, 6.07) is 0. The fourth-order valence-corrected chi connectivity index (χ4v) is 13.2. The SMILES string of the molecule is CCCCCC/C=C\C=C/CCCCCCCC(=O)O[C@H](COC(=O)CCCCCCCCCCC(C)C)COP(=O)(O)OC[C@H](O)COP(=O)(O)OC[C@@H](COC(=O)CCCCCCCCCCCCCCCCCC)OC(=O)CCCCCCCCCCCCCCCC(C)C. The molecule has 0 spiro atoms. The molecule has 2 unspecified atom stereocenters. The highest BCUT2D eigenvalue weighted by molar-refractivity contribution is 7.47. The average molecular weight is 1430 g/mol. The summed E-state index contributed by atoms with van der Waals surface area (Å²) in [5, 5.41) is 10.6. The third kappa shape index (κ3) is 71.9. The molecule has 0 aliphatic heterocycles. The highest BCUT2D eigenvalue weighted by Gasteiger charge is 2.30. The minimum atomic E-state index is -4.97. The van der Waals surface area contributed by atoms with Crippen LogP contribution in [0.3, 0.4) is 0 Å². The van der Waals surface area contributed by atoms with Crippen LogP contribution in [0.2, 0.25) is 0 Å². The van der Waals surface area contributed by atoms with Gasteiger partial charge in [0.2, 0.25) is 0 Å². The summed E-state index contributed by atoms with van der Waals surface area (Å²) in [6.45, 7) is 9.53. The van der Waals surface area contributed by atoms with Crippen molar-refractivity contribution in [1.29, 1.82) is 0 Å². The summed E-state index contributed by atoms with van der Waals surface area (Å²) >= 11 is 0. The van der Waals surface area contributed by atoms with E-state index in [2.05, 4.69) is 65.8 Å². The van der Waals surface area contributed by atoms with E-state index in [1.807, 2.05) is 0 Å². The van der Waals surface area contributed by atoms with Gasteiger partial charge in [0.25, 0.3) is 0 Å². The number of carbonyl (C=O) groups is 4. The van der Waals surface area contributed by atoms with Gasteiger partial charge in [0, 0.05) is 25.7 Å². The van der Waals surface area contributed by atoms with E-state index in [1.165, 1.54) is 186 Å². The first kappa shape index (κ1) is 95.5. The third-order valence-corrected chi connectivity index (χ3v) is 19.7. The number of hydrogen-bond donors (Lipinski definition) is 3. The third-order valence-electron chi connectivity index (χ3n) is 17.8. The smallest absolute Gasteiger partial charge is 0.462 e. The summed E-state index contributed by atoms with van der Waals surface area (Å²) in [5.74, 6) is -0.633. The van der Waals surface area contributed by atoms with E-state index in [0.717, 1.165) is 121 Å². The number of aliphatic hydroxyl groups excluding tert-OH is 1. The first-order chi connectivity index (χ1) is 47.4. The summed E-state index contributed by atoms with van der Waals surface area (Å²) in [7, 11) is -9.93. The maximum Gasteiger partial charge on any atom is 0.472 e. The van der Waals surface area contributed by atoms with E-state index in [9.17, 15) is 43.2 Å². The minimum Gasteiger partial charge on any atom is -0.462 e. The Labute approximate surface area is 599 Å². The van der Waals surface area contributed by atoms with Gasteiger partial charge in [0.05, 0.1) is 26.4 Å². The Kier molecular flexibility index (Phi) is 68.5. The van der Waals surface area contributed by atoms with E-state index in [4.69, 9.17) is 37.0 Å². The zero-order valence-corrected chi connectivity index (χ0v) is 65.4.